The number of para-hydroxylation sites is 1. The molecule has 0 spiro atoms. The third-order valence-electron chi connectivity index (χ3n) is 3.31. The van der Waals surface area contributed by atoms with E-state index in [2.05, 4.69) is 0 Å². The molecule has 0 saturated heterocycles. The fraction of sp³-hybridized carbons (Fsp3) is 0.125. The molecule has 1 aliphatic rings. The molecule has 1 heterocycles. The number of rotatable bonds is 2. The molecule has 0 fully saturated rings. The highest BCUT2D eigenvalue weighted by molar-refractivity contribution is 6.08. The largest absolute Gasteiger partial charge is 0.484 e. The third kappa shape index (κ3) is 1.93. The van der Waals surface area contributed by atoms with E-state index in [-0.39, 0.29) is 5.78 Å². The van der Waals surface area contributed by atoms with Crippen LogP contribution in [0.1, 0.15) is 22.0 Å². The molecule has 0 saturated carbocycles. The van der Waals surface area contributed by atoms with E-state index < -0.39 is 12.0 Å². The average molecular weight is 252 g/mol. The lowest BCUT2D eigenvalue weighted by atomic mass is 9.87. The van der Waals surface area contributed by atoms with Crippen LogP contribution < -0.4 is 4.74 Å². The summed E-state index contributed by atoms with van der Waals surface area (Å²) in [6.45, 7) is 0. The molecule has 2 atom stereocenters. The van der Waals surface area contributed by atoms with Gasteiger partial charge in [-0.2, -0.15) is 0 Å². The van der Waals surface area contributed by atoms with E-state index in [1.165, 1.54) is 0 Å². The van der Waals surface area contributed by atoms with Crippen molar-refractivity contribution in [3.05, 3.63) is 65.7 Å². The lowest BCUT2D eigenvalue weighted by molar-refractivity contribution is -0.112. The van der Waals surface area contributed by atoms with E-state index in [9.17, 15) is 9.59 Å². The summed E-state index contributed by atoms with van der Waals surface area (Å²) in [5.74, 6) is -0.414. The molecule has 2 unspecified atom stereocenters. The Bertz CT molecular complexity index is 619. The number of carbonyl (C=O) groups excluding carboxylic acids is 2. The molecule has 3 rings (SSSR count). The third-order valence-corrected chi connectivity index (χ3v) is 3.31. The Morgan fingerprint density at radius 3 is 2.37 bits per heavy atom. The van der Waals surface area contributed by atoms with E-state index in [4.69, 9.17) is 4.74 Å². The minimum Gasteiger partial charge on any atom is -0.484 e. The van der Waals surface area contributed by atoms with Gasteiger partial charge in [0.1, 0.15) is 24.1 Å². The minimum atomic E-state index is -0.780. The number of fused-ring (bicyclic) bond motifs is 1. The van der Waals surface area contributed by atoms with Crippen molar-refractivity contribution in [1.29, 1.82) is 0 Å². The Balaban J connectivity index is 2.08. The van der Waals surface area contributed by atoms with Crippen molar-refractivity contribution in [2.45, 2.75) is 6.10 Å². The summed E-state index contributed by atoms with van der Waals surface area (Å²) >= 11 is 0. The van der Waals surface area contributed by atoms with Crippen LogP contribution in [0.25, 0.3) is 0 Å². The number of hydrogen-bond acceptors (Lipinski definition) is 3. The summed E-state index contributed by atoms with van der Waals surface area (Å²) in [4.78, 5) is 23.6. The van der Waals surface area contributed by atoms with Crippen LogP contribution >= 0.6 is 0 Å². The molecule has 2 aromatic carbocycles. The summed E-state index contributed by atoms with van der Waals surface area (Å²) < 4.78 is 5.84. The van der Waals surface area contributed by atoms with Crippen molar-refractivity contribution in [2.24, 2.45) is 5.92 Å². The molecule has 0 aromatic heterocycles. The quantitative estimate of drug-likeness (QED) is 0.609. The second kappa shape index (κ2) is 4.69. The fourth-order valence-electron chi connectivity index (χ4n) is 2.35. The maximum Gasteiger partial charge on any atom is 0.180 e. The standard InChI is InChI=1S/C16H12O3/c17-10-13-15(18)12-8-4-5-9-14(12)19-16(13)11-6-2-1-3-7-11/h1-10,13,16H. The highest BCUT2D eigenvalue weighted by Gasteiger charge is 2.37. The highest BCUT2D eigenvalue weighted by Crippen LogP contribution is 2.37. The van der Waals surface area contributed by atoms with Gasteiger partial charge in [0.15, 0.2) is 5.78 Å². The summed E-state index contributed by atoms with van der Waals surface area (Å²) in [5.41, 5.74) is 1.31. The number of benzene rings is 2. The smallest absolute Gasteiger partial charge is 0.180 e. The molecule has 3 nitrogen and oxygen atoms in total. The Morgan fingerprint density at radius 2 is 1.63 bits per heavy atom. The first-order valence-corrected chi connectivity index (χ1v) is 6.11. The first-order chi connectivity index (χ1) is 9.31. The molecule has 94 valence electrons. The average Bonchev–Trinajstić information content (AvgIpc) is 2.48. The zero-order valence-electron chi connectivity index (χ0n) is 10.2. The highest BCUT2D eigenvalue weighted by atomic mass is 16.5. The van der Waals surface area contributed by atoms with Crippen molar-refractivity contribution >= 4 is 12.1 Å². The molecule has 1 aliphatic heterocycles. The number of hydrogen-bond donors (Lipinski definition) is 0. The Kier molecular flexibility index (Phi) is 2.88. The second-order valence-corrected chi connectivity index (χ2v) is 4.47. The number of aldehydes is 1. The first kappa shape index (κ1) is 11.7. The van der Waals surface area contributed by atoms with Crippen molar-refractivity contribution < 1.29 is 14.3 Å². The molecule has 0 bridgehead atoms. The van der Waals surface area contributed by atoms with Gasteiger partial charge in [-0.3, -0.25) is 4.79 Å². The molecule has 0 N–H and O–H groups in total. The van der Waals surface area contributed by atoms with Gasteiger partial charge in [0, 0.05) is 0 Å². The van der Waals surface area contributed by atoms with Crippen LogP contribution in [0.15, 0.2) is 54.6 Å². The normalized spacial score (nSPS) is 21.4. The van der Waals surface area contributed by atoms with E-state index in [1.54, 1.807) is 18.2 Å². The van der Waals surface area contributed by atoms with Crippen molar-refractivity contribution in [1.82, 2.24) is 0 Å². The van der Waals surface area contributed by atoms with Crippen LogP contribution in [-0.4, -0.2) is 12.1 Å². The molecule has 0 amide bonds. The van der Waals surface area contributed by atoms with Crippen LogP contribution in [0, 0.1) is 5.92 Å². The van der Waals surface area contributed by atoms with Crippen molar-refractivity contribution in [3.63, 3.8) is 0 Å². The predicted molar refractivity (Wildman–Crippen MR) is 70.1 cm³/mol. The van der Waals surface area contributed by atoms with E-state index in [0.717, 1.165) is 5.56 Å². The van der Waals surface area contributed by atoms with Crippen LogP contribution in [0.2, 0.25) is 0 Å². The van der Waals surface area contributed by atoms with Gasteiger partial charge in [0.05, 0.1) is 5.56 Å². The fourth-order valence-corrected chi connectivity index (χ4v) is 2.35. The van der Waals surface area contributed by atoms with Crippen molar-refractivity contribution in [2.75, 3.05) is 0 Å². The molecule has 19 heavy (non-hydrogen) atoms. The molecule has 2 aromatic rings. The van der Waals surface area contributed by atoms with Gasteiger partial charge in [0.2, 0.25) is 0 Å². The molecule has 0 aliphatic carbocycles. The molecule has 3 heteroatoms. The lowest BCUT2D eigenvalue weighted by Crippen LogP contribution is -2.32. The minimum absolute atomic E-state index is 0.175. The number of carbonyl (C=O) groups is 2. The summed E-state index contributed by atoms with van der Waals surface area (Å²) in [5, 5.41) is 0. The summed E-state index contributed by atoms with van der Waals surface area (Å²) in [6, 6.07) is 16.4. The Labute approximate surface area is 110 Å². The van der Waals surface area contributed by atoms with Gasteiger partial charge < -0.3 is 9.53 Å². The second-order valence-electron chi connectivity index (χ2n) is 4.47. The zero-order valence-corrected chi connectivity index (χ0v) is 10.2. The molecule has 0 radical (unpaired) electrons. The number of ether oxygens (including phenoxy) is 1. The zero-order chi connectivity index (χ0) is 13.2. The van der Waals surface area contributed by atoms with Gasteiger partial charge in [-0.1, -0.05) is 42.5 Å². The van der Waals surface area contributed by atoms with Gasteiger partial charge in [-0.05, 0) is 17.7 Å². The maximum absolute atomic E-state index is 12.3. The molecular weight excluding hydrogens is 240 g/mol. The van der Waals surface area contributed by atoms with Crippen LogP contribution in [0.3, 0.4) is 0 Å². The first-order valence-electron chi connectivity index (χ1n) is 6.11. The monoisotopic (exact) mass is 252 g/mol. The number of ketones is 1. The lowest BCUT2D eigenvalue weighted by Gasteiger charge is -2.29. The van der Waals surface area contributed by atoms with Gasteiger partial charge in [-0.15, -0.1) is 0 Å². The van der Waals surface area contributed by atoms with Crippen molar-refractivity contribution in [3.8, 4) is 5.75 Å². The topological polar surface area (TPSA) is 43.4 Å². The molecular formula is C16H12O3. The summed E-state index contributed by atoms with van der Waals surface area (Å²) in [6.07, 6.45) is 0.136. The van der Waals surface area contributed by atoms with Gasteiger partial charge >= 0.3 is 0 Å². The van der Waals surface area contributed by atoms with Gasteiger partial charge in [-0.25, -0.2) is 0 Å². The SMILES string of the molecule is O=CC1C(=O)c2ccccc2OC1c1ccccc1. The maximum atomic E-state index is 12.3. The van der Waals surface area contributed by atoms with E-state index >= 15 is 0 Å². The van der Waals surface area contributed by atoms with Gasteiger partial charge in [0.25, 0.3) is 0 Å². The summed E-state index contributed by atoms with van der Waals surface area (Å²) in [7, 11) is 0. The van der Waals surface area contributed by atoms with Crippen LogP contribution in [0.5, 0.6) is 5.75 Å². The predicted octanol–water partition coefficient (Wildman–Crippen LogP) is 2.82. The Morgan fingerprint density at radius 1 is 0.947 bits per heavy atom. The van der Waals surface area contributed by atoms with E-state index in [1.807, 2.05) is 36.4 Å². The van der Waals surface area contributed by atoms with Crippen LogP contribution in [0.4, 0.5) is 0 Å². The van der Waals surface area contributed by atoms with Crippen LogP contribution in [-0.2, 0) is 4.79 Å². The number of Topliss-reactive ketones (excluding diaryl/α,β-unsaturated/α-hetero) is 1. The Hall–Kier alpha value is -2.42. The van der Waals surface area contributed by atoms with E-state index in [0.29, 0.717) is 17.6 Å².